The Morgan fingerprint density at radius 1 is 1.58 bits per heavy atom. The van der Waals surface area contributed by atoms with E-state index in [1.54, 1.807) is 0 Å². The third-order valence-corrected chi connectivity index (χ3v) is 3.91. The van der Waals surface area contributed by atoms with Crippen LogP contribution in [0, 0.1) is 0 Å². The van der Waals surface area contributed by atoms with Gasteiger partial charge in [-0.1, -0.05) is 0 Å². The second-order valence-electron chi connectivity index (χ2n) is 3.03. The Labute approximate surface area is 81.5 Å². The topological polar surface area (TPSA) is 63.3 Å². The third-order valence-electron chi connectivity index (χ3n) is 2.20. The predicted octanol–water partition coefficient (Wildman–Crippen LogP) is 0.594. The second kappa shape index (κ2) is 3.89. The van der Waals surface area contributed by atoms with Crippen LogP contribution < -0.4 is 5.73 Å². The van der Waals surface area contributed by atoms with Crippen molar-refractivity contribution < 1.29 is 9.90 Å². The van der Waals surface area contributed by atoms with Gasteiger partial charge in [0.2, 0.25) is 0 Å². The van der Waals surface area contributed by atoms with Gasteiger partial charge in [0.25, 0.3) is 0 Å². The maximum absolute atomic E-state index is 10.6. The highest BCUT2D eigenvalue weighted by molar-refractivity contribution is 7.99. The molecule has 3 nitrogen and oxygen atoms in total. The van der Waals surface area contributed by atoms with Crippen molar-refractivity contribution in [2.75, 3.05) is 11.5 Å². The molecule has 0 aromatic carbocycles. The molecule has 1 fully saturated rings. The molecule has 0 spiro atoms. The number of aliphatic carboxylic acids is 1. The largest absolute Gasteiger partial charge is 0.480 e. The summed E-state index contributed by atoms with van der Waals surface area (Å²) in [5.41, 5.74) is 5.54. The van der Waals surface area contributed by atoms with Gasteiger partial charge in [0.05, 0.1) is 0 Å². The Balaban J connectivity index is 2.62. The van der Waals surface area contributed by atoms with Crippen LogP contribution in [0.5, 0.6) is 0 Å². The summed E-state index contributed by atoms with van der Waals surface area (Å²) in [6.45, 7) is 0. The van der Waals surface area contributed by atoms with Crippen LogP contribution in [0.1, 0.15) is 12.8 Å². The van der Waals surface area contributed by atoms with E-state index in [9.17, 15) is 4.79 Å². The van der Waals surface area contributed by atoms with Crippen molar-refractivity contribution >= 4 is 30.4 Å². The summed E-state index contributed by atoms with van der Waals surface area (Å²) in [4.78, 5) is 10.6. The quantitative estimate of drug-likeness (QED) is 0.580. The van der Waals surface area contributed by atoms with Gasteiger partial charge in [0.15, 0.2) is 0 Å². The molecule has 0 radical (unpaired) electrons. The number of carbonyl (C=O) groups is 1. The normalized spacial score (nSPS) is 24.8. The van der Waals surface area contributed by atoms with Crippen LogP contribution in [0.3, 0.4) is 0 Å². The maximum atomic E-state index is 10.6. The lowest BCUT2D eigenvalue weighted by Gasteiger charge is -2.35. The molecule has 5 heteroatoms. The molecule has 12 heavy (non-hydrogen) atoms. The minimum atomic E-state index is -0.947. The summed E-state index contributed by atoms with van der Waals surface area (Å²) in [5.74, 6) is 0.978. The van der Waals surface area contributed by atoms with Crippen LogP contribution in [-0.2, 0) is 4.79 Å². The van der Waals surface area contributed by atoms with Crippen molar-refractivity contribution in [3.63, 3.8) is 0 Å². The van der Waals surface area contributed by atoms with E-state index in [0.29, 0.717) is 0 Å². The van der Waals surface area contributed by atoms with Crippen LogP contribution in [-0.4, -0.2) is 33.4 Å². The van der Waals surface area contributed by atoms with Gasteiger partial charge in [0.1, 0.15) is 6.04 Å². The number of hydrogen-bond donors (Lipinski definition) is 3. The Morgan fingerprint density at radius 2 is 2.08 bits per heavy atom. The number of thioether (sulfide) groups is 1. The van der Waals surface area contributed by atoms with Crippen molar-refractivity contribution in [3.05, 3.63) is 0 Å². The Hall–Kier alpha value is 0.130. The lowest BCUT2D eigenvalue weighted by molar-refractivity contribution is -0.139. The summed E-state index contributed by atoms with van der Waals surface area (Å²) < 4.78 is -0.489. The first-order valence-corrected chi connectivity index (χ1v) is 5.45. The molecule has 1 heterocycles. The third kappa shape index (κ3) is 2.08. The monoisotopic (exact) mass is 207 g/mol. The summed E-state index contributed by atoms with van der Waals surface area (Å²) >= 11 is 6.19. The van der Waals surface area contributed by atoms with E-state index in [0.717, 1.165) is 24.3 Å². The van der Waals surface area contributed by atoms with Gasteiger partial charge >= 0.3 is 5.97 Å². The van der Waals surface area contributed by atoms with Gasteiger partial charge in [0, 0.05) is 4.75 Å². The van der Waals surface area contributed by atoms with Crippen LogP contribution in [0.2, 0.25) is 0 Å². The van der Waals surface area contributed by atoms with E-state index in [1.165, 1.54) is 0 Å². The minimum Gasteiger partial charge on any atom is -0.480 e. The molecule has 1 aliphatic heterocycles. The van der Waals surface area contributed by atoms with Crippen molar-refractivity contribution in [1.82, 2.24) is 0 Å². The smallest absolute Gasteiger partial charge is 0.321 e. The molecule has 0 aromatic rings. The number of hydrogen-bond acceptors (Lipinski definition) is 4. The molecule has 0 bridgehead atoms. The molecule has 70 valence electrons. The fourth-order valence-corrected chi connectivity index (χ4v) is 3.12. The lowest BCUT2D eigenvalue weighted by atomic mass is 9.93. The predicted molar refractivity (Wildman–Crippen MR) is 53.9 cm³/mol. The molecule has 1 unspecified atom stereocenters. The van der Waals surface area contributed by atoms with Crippen molar-refractivity contribution in [2.45, 2.75) is 23.6 Å². The van der Waals surface area contributed by atoms with E-state index >= 15 is 0 Å². The number of thiol groups is 1. The van der Waals surface area contributed by atoms with Crippen molar-refractivity contribution in [1.29, 1.82) is 0 Å². The van der Waals surface area contributed by atoms with Crippen LogP contribution in [0.4, 0.5) is 0 Å². The highest BCUT2D eigenvalue weighted by atomic mass is 32.2. The standard InChI is InChI=1S/C7H13NO2S2/c8-5(6(9)10)7(11)1-3-12-4-2-7/h5,11H,1-4,8H2,(H,9,10). The van der Waals surface area contributed by atoms with Crippen molar-refractivity contribution in [3.8, 4) is 0 Å². The maximum Gasteiger partial charge on any atom is 0.321 e. The van der Waals surface area contributed by atoms with Gasteiger partial charge in [-0.3, -0.25) is 4.79 Å². The highest BCUT2D eigenvalue weighted by Crippen LogP contribution is 2.34. The molecule has 0 aliphatic carbocycles. The van der Waals surface area contributed by atoms with Gasteiger partial charge in [-0.15, -0.1) is 0 Å². The SMILES string of the molecule is NC(C(=O)O)C1(S)CCSCC1. The van der Waals surface area contributed by atoms with E-state index in [-0.39, 0.29) is 0 Å². The van der Waals surface area contributed by atoms with Gasteiger partial charge in [-0.2, -0.15) is 24.4 Å². The first-order valence-electron chi connectivity index (χ1n) is 3.85. The van der Waals surface area contributed by atoms with E-state index < -0.39 is 16.8 Å². The molecule has 1 aliphatic rings. The van der Waals surface area contributed by atoms with Crippen molar-refractivity contribution in [2.24, 2.45) is 5.73 Å². The molecule has 1 atom stereocenters. The fraction of sp³-hybridized carbons (Fsp3) is 0.857. The molecule has 1 saturated heterocycles. The zero-order valence-electron chi connectivity index (χ0n) is 6.69. The van der Waals surface area contributed by atoms with Crippen LogP contribution in [0.15, 0.2) is 0 Å². The average molecular weight is 207 g/mol. The number of carboxylic acids is 1. The lowest BCUT2D eigenvalue weighted by Crippen LogP contribution is -2.51. The van der Waals surface area contributed by atoms with E-state index in [2.05, 4.69) is 12.6 Å². The number of carboxylic acid groups (broad SMARTS) is 1. The zero-order chi connectivity index (χ0) is 9.19. The fourth-order valence-electron chi connectivity index (χ4n) is 1.27. The van der Waals surface area contributed by atoms with Gasteiger partial charge in [-0.05, 0) is 24.3 Å². The zero-order valence-corrected chi connectivity index (χ0v) is 8.40. The highest BCUT2D eigenvalue weighted by Gasteiger charge is 2.38. The Morgan fingerprint density at radius 3 is 2.50 bits per heavy atom. The molecule has 0 aromatic heterocycles. The van der Waals surface area contributed by atoms with E-state index in [1.807, 2.05) is 11.8 Å². The molecule has 1 rings (SSSR count). The summed E-state index contributed by atoms with van der Waals surface area (Å²) in [6, 6.07) is -0.832. The first kappa shape index (κ1) is 10.2. The van der Waals surface area contributed by atoms with E-state index in [4.69, 9.17) is 10.8 Å². The summed E-state index contributed by atoms with van der Waals surface area (Å²) in [6.07, 6.45) is 1.57. The Bertz CT molecular complexity index is 180. The summed E-state index contributed by atoms with van der Waals surface area (Å²) in [5, 5.41) is 8.72. The van der Waals surface area contributed by atoms with Crippen LogP contribution >= 0.6 is 24.4 Å². The van der Waals surface area contributed by atoms with Gasteiger partial charge in [-0.25, -0.2) is 0 Å². The molecule has 3 N–H and O–H groups in total. The van der Waals surface area contributed by atoms with Gasteiger partial charge < -0.3 is 10.8 Å². The molecule has 0 amide bonds. The summed E-state index contributed by atoms with van der Waals surface area (Å²) in [7, 11) is 0. The van der Waals surface area contributed by atoms with Crippen LogP contribution in [0.25, 0.3) is 0 Å². The number of nitrogens with two attached hydrogens (primary N) is 1. The molecular formula is C7H13NO2S2. The second-order valence-corrected chi connectivity index (χ2v) is 5.15. The first-order chi connectivity index (χ1) is 5.56. The molecule has 0 saturated carbocycles. The molecular weight excluding hydrogens is 194 g/mol. The minimum absolute atomic E-state index is 0.489. The number of rotatable bonds is 2. The Kier molecular flexibility index (Phi) is 3.31. The average Bonchev–Trinajstić information content (AvgIpc) is 2.04.